The van der Waals surface area contributed by atoms with Crippen molar-refractivity contribution < 1.29 is 33.1 Å². The summed E-state index contributed by atoms with van der Waals surface area (Å²) in [5.41, 5.74) is 6.24. The van der Waals surface area contributed by atoms with Gasteiger partial charge in [-0.25, -0.2) is 9.97 Å². The van der Waals surface area contributed by atoms with Gasteiger partial charge < -0.3 is 13.9 Å². The van der Waals surface area contributed by atoms with E-state index in [1.54, 1.807) is 66.7 Å². The van der Waals surface area contributed by atoms with E-state index in [4.69, 9.17) is 8.83 Å². The molecule has 1 N–H and O–H groups in total. The number of amides is 4. The van der Waals surface area contributed by atoms with Gasteiger partial charge in [0.1, 0.15) is 16.8 Å². The van der Waals surface area contributed by atoms with Crippen LogP contribution in [0, 0.1) is 29.6 Å². The van der Waals surface area contributed by atoms with E-state index in [1.807, 2.05) is 54.6 Å². The van der Waals surface area contributed by atoms with E-state index in [-0.39, 0.29) is 42.2 Å². The number of halogens is 1. The first-order chi connectivity index (χ1) is 28.2. The first-order valence-corrected chi connectivity index (χ1v) is 19.9. The molecular formula is C46H31BrN4O7. The minimum atomic E-state index is -0.842. The molecule has 3 fully saturated rings. The van der Waals surface area contributed by atoms with Crippen molar-refractivity contribution in [1.29, 1.82) is 0 Å². The third-order valence-corrected chi connectivity index (χ3v) is 12.8. The fourth-order valence-electron chi connectivity index (χ4n) is 9.72. The number of anilines is 2. The normalized spacial score (nSPS) is 24.1. The Labute approximate surface area is 338 Å². The van der Waals surface area contributed by atoms with Crippen molar-refractivity contribution in [3.05, 3.63) is 137 Å². The number of carbonyl (C=O) groups is 4. The highest BCUT2D eigenvalue weighted by molar-refractivity contribution is 9.10. The van der Waals surface area contributed by atoms with Gasteiger partial charge in [-0.15, -0.1) is 0 Å². The van der Waals surface area contributed by atoms with Crippen molar-refractivity contribution in [2.75, 3.05) is 9.80 Å². The van der Waals surface area contributed by atoms with Crippen molar-refractivity contribution in [2.24, 2.45) is 29.6 Å². The largest absolute Gasteiger partial charge is 0.508 e. The number of benzene rings is 5. The molecule has 2 saturated heterocycles. The molecule has 11 rings (SSSR count). The first kappa shape index (κ1) is 34.6. The number of carbonyl (C=O) groups excluding carboxylic acids is 4. The second-order valence-electron chi connectivity index (χ2n) is 15.3. The van der Waals surface area contributed by atoms with Gasteiger partial charge in [-0.05, 0) is 110 Å². The van der Waals surface area contributed by atoms with Crippen molar-refractivity contribution >= 4 is 73.1 Å². The van der Waals surface area contributed by atoms with Crippen LogP contribution >= 0.6 is 15.9 Å². The molecule has 5 aromatic carbocycles. The predicted octanol–water partition coefficient (Wildman–Crippen LogP) is 8.82. The lowest BCUT2D eigenvalue weighted by molar-refractivity contribution is -0.126. The minimum absolute atomic E-state index is 0.0218. The summed E-state index contributed by atoms with van der Waals surface area (Å²) < 4.78 is 12.6. The average Bonchev–Trinajstić information content (AvgIpc) is 4.00. The summed E-state index contributed by atoms with van der Waals surface area (Å²) in [5.74, 6) is -4.88. The smallest absolute Gasteiger partial charge is 0.238 e. The third kappa shape index (κ3) is 5.17. The molecule has 4 aliphatic rings. The molecule has 6 unspecified atom stereocenters. The van der Waals surface area contributed by atoms with Gasteiger partial charge in [0.05, 0.1) is 35.0 Å². The van der Waals surface area contributed by atoms with Crippen LogP contribution in [-0.4, -0.2) is 38.7 Å². The number of phenols is 1. The lowest BCUT2D eigenvalue weighted by Gasteiger charge is -2.44. The fourth-order valence-corrected chi connectivity index (χ4v) is 10.1. The Hall–Kier alpha value is -6.66. The first-order valence-electron chi connectivity index (χ1n) is 19.1. The molecule has 0 spiro atoms. The lowest BCUT2D eigenvalue weighted by atomic mass is 9.57. The van der Waals surface area contributed by atoms with Crippen LogP contribution in [-0.2, 0) is 19.2 Å². The van der Waals surface area contributed by atoms with Crippen LogP contribution < -0.4 is 9.80 Å². The molecule has 4 amide bonds. The Morgan fingerprint density at radius 1 is 0.603 bits per heavy atom. The van der Waals surface area contributed by atoms with Gasteiger partial charge in [0.25, 0.3) is 0 Å². The van der Waals surface area contributed by atoms with Crippen molar-refractivity contribution in [1.82, 2.24) is 9.97 Å². The minimum Gasteiger partial charge on any atom is -0.508 e. The topological polar surface area (TPSA) is 147 Å². The van der Waals surface area contributed by atoms with Crippen LogP contribution in [0.15, 0.2) is 140 Å². The van der Waals surface area contributed by atoms with Crippen LogP contribution in [0.2, 0.25) is 0 Å². The number of allylic oxidation sites excluding steroid dienone is 2. The van der Waals surface area contributed by atoms with Crippen LogP contribution in [0.4, 0.5) is 11.4 Å². The summed E-state index contributed by atoms with van der Waals surface area (Å²) in [6, 6.07) is 33.9. The maximum atomic E-state index is 14.7. The summed E-state index contributed by atoms with van der Waals surface area (Å²) in [6.07, 6.45) is 2.45. The number of nitrogens with zero attached hydrogens (tertiary/aromatic N) is 4. The molecule has 58 heavy (non-hydrogen) atoms. The van der Waals surface area contributed by atoms with Gasteiger partial charge >= 0.3 is 0 Å². The van der Waals surface area contributed by atoms with Gasteiger partial charge in [-0.2, -0.15) is 0 Å². The van der Waals surface area contributed by atoms with E-state index < -0.39 is 35.5 Å². The van der Waals surface area contributed by atoms with Crippen LogP contribution in [0.5, 0.6) is 5.75 Å². The zero-order chi connectivity index (χ0) is 39.4. The van der Waals surface area contributed by atoms with Gasteiger partial charge in [0.15, 0.2) is 11.2 Å². The predicted molar refractivity (Wildman–Crippen MR) is 217 cm³/mol. The van der Waals surface area contributed by atoms with E-state index >= 15 is 0 Å². The molecule has 0 radical (unpaired) electrons. The molecule has 12 heteroatoms. The highest BCUT2D eigenvalue weighted by atomic mass is 79.9. The Kier molecular flexibility index (Phi) is 7.71. The van der Waals surface area contributed by atoms with E-state index in [1.165, 1.54) is 9.80 Å². The molecule has 284 valence electrons. The van der Waals surface area contributed by atoms with Gasteiger partial charge in [-0.1, -0.05) is 51.8 Å². The number of imide groups is 2. The van der Waals surface area contributed by atoms with E-state index in [0.29, 0.717) is 55.5 Å². The molecule has 7 aromatic rings. The Balaban J connectivity index is 0.932. The van der Waals surface area contributed by atoms with Crippen molar-refractivity contribution in [3.8, 4) is 28.7 Å². The highest BCUT2D eigenvalue weighted by Gasteiger charge is 2.62. The molecule has 0 bridgehead atoms. The Morgan fingerprint density at radius 2 is 1.14 bits per heavy atom. The quantitative estimate of drug-likeness (QED) is 0.133. The van der Waals surface area contributed by atoms with E-state index in [0.717, 1.165) is 16.6 Å². The standard InChI is InChI=1S/C46H31BrN4O7/c47-25-13-20-35(52)31(21-25)38-28-18-19-29-39(45(55)50(43(29)53)26-14-9-23(10-15-26)41-48-33-5-1-3-7-36(33)57-41)30(28)22-32-40(38)46(56)51(44(32)54)27-16-11-24(12-17-27)42-49-34-6-2-4-8-37(34)58-42/h1-18,20-21,29-30,32,38-40,52H,19,22H2. The molecule has 4 heterocycles. The van der Waals surface area contributed by atoms with Gasteiger partial charge in [0.2, 0.25) is 35.4 Å². The number of aromatic nitrogens is 2. The number of fused-ring (bicyclic) bond motifs is 6. The Morgan fingerprint density at radius 3 is 1.71 bits per heavy atom. The molecule has 2 aliphatic heterocycles. The second-order valence-corrected chi connectivity index (χ2v) is 16.2. The summed E-state index contributed by atoms with van der Waals surface area (Å²) in [5, 5.41) is 11.3. The zero-order valence-corrected chi connectivity index (χ0v) is 32.1. The summed E-state index contributed by atoms with van der Waals surface area (Å²) >= 11 is 3.54. The number of aromatic hydroxyl groups is 1. The number of hydrogen-bond donors (Lipinski definition) is 1. The average molecular weight is 832 g/mol. The molecule has 2 aromatic heterocycles. The molecule has 2 aliphatic carbocycles. The fraction of sp³-hybridized carbons (Fsp3) is 0.174. The van der Waals surface area contributed by atoms with E-state index in [9.17, 15) is 24.3 Å². The summed E-state index contributed by atoms with van der Waals surface area (Å²) in [7, 11) is 0. The third-order valence-electron chi connectivity index (χ3n) is 12.3. The second kappa shape index (κ2) is 12.9. The molecular weight excluding hydrogens is 800 g/mol. The highest BCUT2D eigenvalue weighted by Crippen LogP contribution is 2.59. The molecule has 6 atom stereocenters. The SMILES string of the molecule is O=C1C2CC=C3C(CC4C(=O)N(c5ccc(-c6nc7ccccc7o6)cc5)C(=O)C4C3c3cc(Br)ccc3O)C2C(=O)N1c1ccc(-c2nc3ccccc3o2)cc1. The summed E-state index contributed by atoms with van der Waals surface area (Å²) in [4.78, 5) is 69.6. The van der Waals surface area contributed by atoms with Crippen molar-refractivity contribution in [2.45, 2.75) is 18.8 Å². The zero-order valence-electron chi connectivity index (χ0n) is 30.5. The van der Waals surface area contributed by atoms with Gasteiger partial charge in [-0.3, -0.25) is 29.0 Å². The number of rotatable bonds is 5. The number of phenolic OH excluding ortho intramolecular Hbond substituents is 1. The maximum Gasteiger partial charge on any atom is 0.238 e. The Bertz CT molecular complexity index is 2850. The van der Waals surface area contributed by atoms with Crippen LogP contribution in [0.1, 0.15) is 24.3 Å². The maximum absolute atomic E-state index is 14.7. The number of hydrogen-bond acceptors (Lipinski definition) is 9. The number of para-hydroxylation sites is 4. The summed E-state index contributed by atoms with van der Waals surface area (Å²) in [6.45, 7) is 0. The van der Waals surface area contributed by atoms with Crippen LogP contribution in [0.25, 0.3) is 45.1 Å². The monoisotopic (exact) mass is 830 g/mol. The van der Waals surface area contributed by atoms with Crippen molar-refractivity contribution in [3.63, 3.8) is 0 Å². The van der Waals surface area contributed by atoms with Crippen LogP contribution in [0.3, 0.4) is 0 Å². The molecule has 1 saturated carbocycles. The lowest BCUT2D eigenvalue weighted by Crippen LogP contribution is -2.43. The molecule has 11 nitrogen and oxygen atoms in total. The number of oxazole rings is 2. The van der Waals surface area contributed by atoms with Gasteiger partial charge in [0, 0.05) is 27.1 Å². The van der Waals surface area contributed by atoms with E-state index in [2.05, 4.69) is 25.9 Å².